The zero-order valence-corrected chi connectivity index (χ0v) is 7.14. The highest BCUT2D eigenvalue weighted by Gasteiger charge is 2.21. The summed E-state index contributed by atoms with van der Waals surface area (Å²) >= 11 is 0. The van der Waals surface area contributed by atoms with Gasteiger partial charge in [-0.3, -0.25) is 4.79 Å². The normalized spacial score (nSPS) is 16.8. The summed E-state index contributed by atoms with van der Waals surface area (Å²) in [6, 6.07) is 0. The van der Waals surface area contributed by atoms with Crippen LogP contribution in [0.2, 0.25) is 0 Å². The van der Waals surface area contributed by atoms with Crippen molar-refractivity contribution in [3.63, 3.8) is 0 Å². The van der Waals surface area contributed by atoms with Gasteiger partial charge in [0.25, 0.3) is 0 Å². The van der Waals surface area contributed by atoms with Crippen molar-refractivity contribution in [2.45, 2.75) is 32.6 Å². The summed E-state index contributed by atoms with van der Waals surface area (Å²) in [4.78, 5) is 10.9. The van der Waals surface area contributed by atoms with Crippen molar-refractivity contribution in [1.29, 1.82) is 0 Å². The van der Waals surface area contributed by atoms with E-state index in [0.29, 0.717) is 13.0 Å². The van der Waals surface area contributed by atoms with Crippen molar-refractivity contribution in [2.75, 3.05) is 13.2 Å². The van der Waals surface area contributed by atoms with E-state index in [4.69, 9.17) is 4.74 Å². The van der Waals surface area contributed by atoms with Gasteiger partial charge in [-0.25, -0.2) is 0 Å². The third-order valence-electron chi connectivity index (χ3n) is 1.84. The van der Waals surface area contributed by atoms with Gasteiger partial charge in [0.15, 0.2) is 5.78 Å². The van der Waals surface area contributed by atoms with Crippen LogP contribution in [0.3, 0.4) is 0 Å². The van der Waals surface area contributed by atoms with Crippen LogP contribution in [0, 0.1) is 5.92 Å². The maximum atomic E-state index is 10.9. The Bertz CT molecular complexity index is 128. The van der Waals surface area contributed by atoms with E-state index in [0.717, 1.165) is 18.9 Å². The second kappa shape index (κ2) is 4.50. The second-order valence-electron chi connectivity index (χ2n) is 3.25. The molecule has 0 bridgehead atoms. The van der Waals surface area contributed by atoms with Crippen molar-refractivity contribution in [2.24, 2.45) is 5.92 Å². The molecule has 0 heterocycles. The average molecular weight is 156 g/mol. The Labute approximate surface area is 67.9 Å². The van der Waals surface area contributed by atoms with Gasteiger partial charge >= 0.3 is 0 Å². The SMILES string of the molecule is CCCC(=O)COCC1CC1. The van der Waals surface area contributed by atoms with Gasteiger partial charge in [0.2, 0.25) is 0 Å². The van der Waals surface area contributed by atoms with Crippen LogP contribution in [0.4, 0.5) is 0 Å². The van der Waals surface area contributed by atoms with Crippen LogP contribution < -0.4 is 0 Å². The van der Waals surface area contributed by atoms with Crippen molar-refractivity contribution in [3.8, 4) is 0 Å². The summed E-state index contributed by atoms with van der Waals surface area (Å²) in [5.74, 6) is 1.01. The first-order valence-electron chi connectivity index (χ1n) is 4.42. The number of ketones is 1. The smallest absolute Gasteiger partial charge is 0.158 e. The van der Waals surface area contributed by atoms with Gasteiger partial charge < -0.3 is 4.74 Å². The van der Waals surface area contributed by atoms with Gasteiger partial charge in [0, 0.05) is 13.0 Å². The molecule has 1 aliphatic carbocycles. The average Bonchev–Trinajstić information content (AvgIpc) is 2.72. The lowest BCUT2D eigenvalue weighted by Crippen LogP contribution is -2.09. The molecule has 0 amide bonds. The molecule has 64 valence electrons. The van der Waals surface area contributed by atoms with E-state index < -0.39 is 0 Å². The maximum Gasteiger partial charge on any atom is 0.158 e. The van der Waals surface area contributed by atoms with E-state index >= 15 is 0 Å². The first kappa shape index (κ1) is 8.72. The fourth-order valence-electron chi connectivity index (χ4n) is 0.975. The first-order chi connectivity index (χ1) is 5.33. The van der Waals surface area contributed by atoms with Gasteiger partial charge in [-0.05, 0) is 25.2 Å². The van der Waals surface area contributed by atoms with Crippen molar-refractivity contribution in [1.82, 2.24) is 0 Å². The standard InChI is InChI=1S/C9H16O2/c1-2-3-9(10)7-11-6-8-4-5-8/h8H,2-7H2,1H3. The lowest BCUT2D eigenvalue weighted by Gasteiger charge is -2.00. The quantitative estimate of drug-likeness (QED) is 0.586. The third kappa shape index (κ3) is 4.14. The number of Topliss-reactive ketones (excluding diaryl/α,β-unsaturated/α-hetero) is 1. The van der Waals surface area contributed by atoms with Crippen LogP contribution in [-0.2, 0) is 9.53 Å². The third-order valence-corrected chi connectivity index (χ3v) is 1.84. The van der Waals surface area contributed by atoms with E-state index in [9.17, 15) is 4.79 Å². The largest absolute Gasteiger partial charge is 0.373 e. The predicted octanol–water partition coefficient (Wildman–Crippen LogP) is 1.78. The molecular weight excluding hydrogens is 140 g/mol. The molecule has 1 rings (SSSR count). The van der Waals surface area contributed by atoms with Crippen LogP contribution in [0.25, 0.3) is 0 Å². The van der Waals surface area contributed by atoms with E-state index in [2.05, 4.69) is 0 Å². The van der Waals surface area contributed by atoms with Gasteiger partial charge in [0.1, 0.15) is 6.61 Å². The van der Waals surface area contributed by atoms with E-state index in [1.807, 2.05) is 6.92 Å². The van der Waals surface area contributed by atoms with Crippen molar-refractivity contribution >= 4 is 5.78 Å². The second-order valence-corrected chi connectivity index (χ2v) is 3.25. The van der Waals surface area contributed by atoms with Crippen LogP contribution in [0.15, 0.2) is 0 Å². The first-order valence-corrected chi connectivity index (χ1v) is 4.42. The highest BCUT2D eigenvalue weighted by atomic mass is 16.5. The number of hydrogen-bond acceptors (Lipinski definition) is 2. The number of rotatable bonds is 6. The van der Waals surface area contributed by atoms with Crippen molar-refractivity contribution in [3.05, 3.63) is 0 Å². The molecule has 1 fully saturated rings. The van der Waals surface area contributed by atoms with Gasteiger partial charge in [-0.15, -0.1) is 0 Å². The summed E-state index contributed by atoms with van der Waals surface area (Å²) in [6.45, 7) is 3.15. The van der Waals surface area contributed by atoms with Gasteiger partial charge in [-0.1, -0.05) is 6.92 Å². The van der Waals surface area contributed by atoms with E-state index in [-0.39, 0.29) is 5.78 Å². The van der Waals surface area contributed by atoms with Crippen molar-refractivity contribution < 1.29 is 9.53 Å². The molecule has 0 unspecified atom stereocenters. The van der Waals surface area contributed by atoms with Gasteiger partial charge in [-0.2, -0.15) is 0 Å². The Morgan fingerprint density at radius 2 is 2.27 bits per heavy atom. The Morgan fingerprint density at radius 3 is 2.82 bits per heavy atom. The maximum absolute atomic E-state index is 10.9. The predicted molar refractivity (Wildman–Crippen MR) is 43.5 cm³/mol. The molecule has 1 aliphatic rings. The highest BCUT2D eigenvalue weighted by molar-refractivity contribution is 5.79. The molecular formula is C9H16O2. The number of carbonyl (C=O) groups is 1. The molecule has 0 spiro atoms. The van der Waals surface area contributed by atoms with Crippen LogP contribution in [0.1, 0.15) is 32.6 Å². The topological polar surface area (TPSA) is 26.3 Å². The summed E-state index contributed by atoms with van der Waals surface area (Å²) in [6.07, 6.45) is 4.19. The molecule has 0 atom stereocenters. The van der Waals surface area contributed by atoms with E-state index in [1.54, 1.807) is 0 Å². The Morgan fingerprint density at radius 1 is 1.55 bits per heavy atom. The van der Waals surface area contributed by atoms with Crippen LogP contribution in [-0.4, -0.2) is 19.0 Å². The Balaban J connectivity index is 1.88. The fourth-order valence-corrected chi connectivity index (χ4v) is 0.975. The molecule has 2 nitrogen and oxygen atoms in total. The highest BCUT2D eigenvalue weighted by Crippen LogP contribution is 2.28. The molecule has 11 heavy (non-hydrogen) atoms. The summed E-state index contributed by atoms with van der Waals surface area (Å²) < 4.78 is 5.22. The number of hydrogen-bond donors (Lipinski definition) is 0. The summed E-state index contributed by atoms with van der Waals surface area (Å²) in [5, 5.41) is 0. The lowest BCUT2D eigenvalue weighted by molar-refractivity contribution is -0.123. The minimum atomic E-state index is 0.244. The summed E-state index contributed by atoms with van der Waals surface area (Å²) in [5.41, 5.74) is 0. The molecule has 0 aliphatic heterocycles. The Kier molecular flexibility index (Phi) is 3.57. The summed E-state index contributed by atoms with van der Waals surface area (Å²) in [7, 11) is 0. The molecule has 0 aromatic carbocycles. The van der Waals surface area contributed by atoms with Crippen LogP contribution in [0.5, 0.6) is 0 Å². The molecule has 1 saturated carbocycles. The molecule has 2 heteroatoms. The van der Waals surface area contributed by atoms with E-state index in [1.165, 1.54) is 12.8 Å². The molecule has 0 N–H and O–H groups in total. The molecule has 0 aromatic heterocycles. The zero-order chi connectivity index (χ0) is 8.10. The van der Waals surface area contributed by atoms with Crippen LogP contribution >= 0.6 is 0 Å². The number of carbonyl (C=O) groups excluding carboxylic acids is 1. The lowest BCUT2D eigenvalue weighted by atomic mass is 10.2. The Hall–Kier alpha value is -0.370. The fraction of sp³-hybridized carbons (Fsp3) is 0.889. The van der Waals surface area contributed by atoms with Gasteiger partial charge in [0.05, 0.1) is 0 Å². The monoisotopic (exact) mass is 156 g/mol. The molecule has 0 saturated heterocycles. The zero-order valence-electron chi connectivity index (χ0n) is 7.14. The number of ether oxygens (including phenoxy) is 1. The molecule has 0 radical (unpaired) electrons. The minimum Gasteiger partial charge on any atom is -0.373 e. The molecule has 0 aromatic rings. The minimum absolute atomic E-state index is 0.244.